The van der Waals surface area contributed by atoms with Crippen molar-refractivity contribution in [3.63, 3.8) is 0 Å². The van der Waals surface area contributed by atoms with E-state index in [1.54, 1.807) is 36.5 Å². The molecule has 4 heteroatoms. The Balaban J connectivity index is 1.87. The molecule has 0 saturated heterocycles. The average molecular weight is 304 g/mol. The maximum Gasteiger partial charge on any atom is 0.212 e. The molecule has 0 radical (unpaired) electrons. The zero-order valence-electron chi connectivity index (χ0n) is 11.8. The number of nitrogens with one attached hydrogen (secondary N) is 1. The van der Waals surface area contributed by atoms with E-state index in [9.17, 15) is 4.79 Å². The molecule has 110 valence electrons. The molecular weight excluding hydrogens is 286 g/mol. The van der Waals surface area contributed by atoms with E-state index in [4.69, 9.17) is 16.3 Å². The van der Waals surface area contributed by atoms with Gasteiger partial charge in [0.2, 0.25) is 5.78 Å². The van der Waals surface area contributed by atoms with Gasteiger partial charge in [-0.1, -0.05) is 18.0 Å². The molecule has 1 aromatic carbocycles. The Bertz CT molecular complexity index is 616. The van der Waals surface area contributed by atoms with Gasteiger partial charge in [0.1, 0.15) is 5.75 Å². The monoisotopic (exact) mass is 303 g/mol. The molecule has 1 aromatic heterocycles. The molecule has 0 amide bonds. The first-order chi connectivity index (χ1) is 10.2. The Morgan fingerprint density at radius 1 is 1.19 bits per heavy atom. The first kappa shape index (κ1) is 14.2. The van der Waals surface area contributed by atoms with Gasteiger partial charge < -0.3 is 9.72 Å². The van der Waals surface area contributed by atoms with Crippen molar-refractivity contribution >= 4 is 17.4 Å². The van der Waals surface area contributed by atoms with Crippen LogP contribution in [-0.4, -0.2) is 16.9 Å². The molecule has 2 aromatic rings. The van der Waals surface area contributed by atoms with Gasteiger partial charge in [0, 0.05) is 11.2 Å². The number of carbonyl (C=O) groups excluding carboxylic acids is 1. The molecule has 3 rings (SSSR count). The minimum atomic E-state index is -0.0895. The van der Waals surface area contributed by atoms with Crippen LogP contribution >= 0.6 is 11.6 Å². The fourth-order valence-electron chi connectivity index (χ4n) is 2.76. The smallest absolute Gasteiger partial charge is 0.212 e. The van der Waals surface area contributed by atoms with Gasteiger partial charge in [-0.25, -0.2) is 0 Å². The summed E-state index contributed by atoms with van der Waals surface area (Å²) in [5, 5.41) is 0.543. The van der Waals surface area contributed by atoms with Gasteiger partial charge in [-0.3, -0.25) is 4.79 Å². The van der Waals surface area contributed by atoms with Gasteiger partial charge in [0.15, 0.2) is 0 Å². The summed E-state index contributed by atoms with van der Waals surface area (Å²) in [6.07, 6.45) is 7.71. The Hall–Kier alpha value is -1.74. The summed E-state index contributed by atoms with van der Waals surface area (Å²) in [7, 11) is 0. The van der Waals surface area contributed by atoms with Crippen molar-refractivity contribution < 1.29 is 9.53 Å². The normalized spacial score (nSPS) is 15.9. The van der Waals surface area contributed by atoms with Gasteiger partial charge >= 0.3 is 0 Å². The molecule has 1 fully saturated rings. The topological polar surface area (TPSA) is 42.1 Å². The summed E-state index contributed by atoms with van der Waals surface area (Å²) in [6, 6.07) is 8.81. The fraction of sp³-hybridized carbons (Fsp3) is 0.353. The van der Waals surface area contributed by atoms with E-state index in [2.05, 4.69) is 4.98 Å². The van der Waals surface area contributed by atoms with Crippen molar-refractivity contribution in [1.29, 1.82) is 0 Å². The number of hydrogen-bond acceptors (Lipinski definition) is 2. The summed E-state index contributed by atoms with van der Waals surface area (Å²) in [4.78, 5) is 15.5. The maximum atomic E-state index is 12.6. The molecule has 3 nitrogen and oxygen atoms in total. The van der Waals surface area contributed by atoms with Crippen LogP contribution in [0.15, 0.2) is 36.5 Å². The fourth-order valence-corrected chi connectivity index (χ4v) is 2.93. The van der Waals surface area contributed by atoms with Crippen LogP contribution in [0.5, 0.6) is 5.75 Å². The van der Waals surface area contributed by atoms with E-state index >= 15 is 0 Å². The highest BCUT2D eigenvalue weighted by molar-refractivity contribution is 6.31. The van der Waals surface area contributed by atoms with Gasteiger partial charge in [-0.05, 0) is 56.0 Å². The molecule has 1 aliphatic carbocycles. The highest BCUT2D eigenvalue weighted by Gasteiger charge is 2.20. The second kappa shape index (κ2) is 6.35. The lowest BCUT2D eigenvalue weighted by Gasteiger charge is -2.24. The minimum Gasteiger partial charge on any atom is -0.490 e. The first-order valence-electron chi connectivity index (χ1n) is 7.38. The third-order valence-corrected chi connectivity index (χ3v) is 4.11. The number of ketones is 1. The summed E-state index contributed by atoms with van der Waals surface area (Å²) < 4.78 is 6.07. The SMILES string of the molecule is O=C(c1ccc[nH]1)c1cc(Cl)ccc1OC1CCCCC1. The van der Waals surface area contributed by atoms with Crippen LogP contribution < -0.4 is 4.74 Å². The summed E-state index contributed by atoms with van der Waals surface area (Å²) >= 11 is 6.05. The predicted octanol–water partition coefficient (Wildman–Crippen LogP) is 4.61. The van der Waals surface area contributed by atoms with Crippen molar-refractivity contribution in [3.05, 3.63) is 52.8 Å². The Morgan fingerprint density at radius 3 is 2.71 bits per heavy atom. The molecule has 0 atom stereocenters. The van der Waals surface area contributed by atoms with Crippen LogP contribution in [0.4, 0.5) is 0 Å². The minimum absolute atomic E-state index is 0.0895. The number of aromatic nitrogens is 1. The van der Waals surface area contributed by atoms with Crippen LogP contribution in [0.25, 0.3) is 0 Å². The molecule has 0 spiro atoms. The van der Waals surface area contributed by atoms with Crippen molar-refractivity contribution in [2.24, 2.45) is 0 Å². The summed E-state index contributed by atoms with van der Waals surface area (Å²) in [5.74, 6) is 0.541. The lowest BCUT2D eigenvalue weighted by molar-refractivity contribution is 0.102. The summed E-state index contributed by atoms with van der Waals surface area (Å²) in [6.45, 7) is 0. The van der Waals surface area contributed by atoms with Gasteiger partial charge in [-0.15, -0.1) is 0 Å². The molecule has 21 heavy (non-hydrogen) atoms. The van der Waals surface area contributed by atoms with Crippen LogP contribution in [0, 0.1) is 0 Å². The maximum absolute atomic E-state index is 12.6. The van der Waals surface area contributed by atoms with E-state index in [0.29, 0.717) is 22.0 Å². The van der Waals surface area contributed by atoms with Crippen molar-refractivity contribution in [2.45, 2.75) is 38.2 Å². The molecule has 0 unspecified atom stereocenters. The van der Waals surface area contributed by atoms with Crippen molar-refractivity contribution in [1.82, 2.24) is 4.98 Å². The molecule has 1 N–H and O–H groups in total. The predicted molar refractivity (Wildman–Crippen MR) is 83.2 cm³/mol. The Kier molecular flexibility index (Phi) is 4.30. The number of aromatic amines is 1. The number of halogens is 1. The van der Waals surface area contributed by atoms with Gasteiger partial charge in [-0.2, -0.15) is 0 Å². The highest BCUT2D eigenvalue weighted by Crippen LogP contribution is 2.29. The third-order valence-electron chi connectivity index (χ3n) is 3.87. The zero-order chi connectivity index (χ0) is 14.7. The van der Waals surface area contributed by atoms with E-state index in [-0.39, 0.29) is 11.9 Å². The molecule has 1 saturated carbocycles. The second-order valence-electron chi connectivity index (χ2n) is 5.43. The molecule has 1 heterocycles. The van der Waals surface area contributed by atoms with E-state index < -0.39 is 0 Å². The van der Waals surface area contributed by atoms with E-state index in [1.807, 2.05) is 0 Å². The Labute approximate surface area is 129 Å². The molecular formula is C17H18ClNO2. The van der Waals surface area contributed by atoms with E-state index in [0.717, 1.165) is 12.8 Å². The molecule has 0 bridgehead atoms. The van der Waals surface area contributed by atoms with Crippen LogP contribution in [0.3, 0.4) is 0 Å². The summed E-state index contributed by atoms with van der Waals surface area (Å²) in [5.41, 5.74) is 1.07. The van der Waals surface area contributed by atoms with Crippen LogP contribution in [0.2, 0.25) is 5.02 Å². The molecule has 0 aliphatic heterocycles. The van der Waals surface area contributed by atoms with Gasteiger partial charge in [0.05, 0.1) is 17.4 Å². The number of hydrogen-bond donors (Lipinski definition) is 1. The zero-order valence-corrected chi connectivity index (χ0v) is 12.5. The lowest BCUT2D eigenvalue weighted by Crippen LogP contribution is -2.21. The number of carbonyl (C=O) groups is 1. The quantitative estimate of drug-likeness (QED) is 0.838. The van der Waals surface area contributed by atoms with Gasteiger partial charge in [0.25, 0.3) is 0 Å². The van der Waals surface area contributed by atoms with Crippen molar-refractivity contribution in [3.8, 4) is 5.75 Å². The van der Waals surface area contributed by atoms with E-state index in [1.165, 1.54) is 19.3 Å². The van der Waals surface area contributed by atoms with Crippen LogP contribution in [-0.2, 0) is 0 Å². The first-order valence-corrected chi connectivity index (χ1v) is 7.76. The number of rotatable bonds is 4. The van der Waals surface area contributed by atoms with Crippen molar-refractivity contribution in [2.75, 3.05) is 0 Å². The highest BCUT2D eigenvalue weighted by atomic mass is 35.5. The second-order valence-corrected chi connectivity index (χ2v) is 5.87. The standard InChI is InChI=1S/C17H18ClNO2/c18-12-8-9-16(21-13-5-2-1-3-6-13)14(11-12)17(20)15-7-4-10-19-15/h4,7-11,13,19H,1-3,5-6H2. The third kappa shape index (κ3) is 3.30. The van der Waals surface area contributed by atoms with Crippen LogP contribution in [0.1, 0.15) is 48.2 Å². The lowest BCUT2D eigenvalue weighted by atomic mass is 9.97. The number of H-pyrrole nitrogens is 1. The Morgan fingerprint density at radius 2 is 2.00 bits per heavy atom. The number of benzene rings is 1. The number of ether oxygens (including phenoxy) is 1. The largest absolute Gasteiger partial charge is 0.490 e. The average Bonchev–Trinajstić information content (AvgIpc) is 3.04. The molecule has 1 aliphatic rings.